The fraction of sp³-hybridized carbons (Fsp3) is 0.600. The summed E-state index contributed by atoms with van der Waals surface area (Å²) in [5.41, 5.74) is 17.4. The van der Waals surface area contributed by atoms with Crippen molar-refractivity contribution >= 4 is 0 Å². The Labute approximate surface area is 105 Å². The van der Waals surface area contributed by atoms with Gasteiger partial charge in [-0.25, -0.2) is 0 Å². The molecule has 0 aliphatic carbocycles. The Kier molecular flexibility index (Phi) is 4.34. The zero-order valence-corrected chi connectivity index (χ0v) is 11.8. The molecule has 0 saturated heterocycles. The van der Waals surface area contributed by atoms with E-state index in [2.05, 4.69) is 46.8 Å². The van der Waals surface area contributed by atoms with Crippen LogP contribution < -0.4 is 11.5 Å². The number of hydrogen-bond donors (Lipinski definition) is 2. The molecule has 2 heteroatoms. The van der Waals surface area contributed by atoms with Crippen molar-refractivity contribution in [3.63, 3.8) is 0 Å². The van der Waals surface area contributed by atoms with Crippen molar-refractivity contribution in [2.45, 2.75) is 59.0 Å². The van der Waals surface area contributed by atoms with Crippen molar-refractivity contribution in [1.82, 2.24) is 0 Å². The molecule has 1 unspecified atom stereocenters. The van der Waals surface area contributed by atoms with Crippen LogP contribution in [0.1, 0.15) is 55.0 Å². The van der Waals surface area contributed by atoms with Crippen molar-refractivity contribution in [3.05, 3.63) is 34.4 Å². The SMILES string of the molecule is Cc1cc(C)c(C(N)CCC(C)(C)N)c(C)c1. The van der Waals surface area contributed by atoms with Crippen LogP contribution in [0.25, 0.3) is 0 Å². The van der Waals surface area contributed by atoms with Crippen LogP contribution >= 0.6 is 0 Å². The molecule has 1 aromatic rings. The first kappa shape index (κ1) is 14.2. The fourth-order valence-electron chi connectivity index (χ4n) is 2.45. The van der Waals surface area contributed by atoms with Gasteiger partial charge in [-0.2, -0.15) is 0 Å². The second-order valence-electron chi connectivity index (χ2n) is 5.95. The Balaban J connectivity index is 2.86. The molecular weight excluding hydrogens is 208 g/mol. The van der Waals surface area contributed by atoms with E-state index in [0.29, 0.717) is 0 Å². The Bertz CT molecular complexity index is 365. The fourth-order valence-corrected chi connectivity index (χ4v) is 2.45. The standard InChI is InChI=1S/C15H26N2/c1-10-8-11(2)14(12(3)9-10)13(16)6-7-15(4,5)17/h8-9,13H,6-7,16-17H2,1-5H3. The highest BCUT2D eigenvalue weighted by Gasteiger charge is 2.17. The third-order valence-corrected chi connectivity index (χ3v) is 3.21. The molecule has 0 saturated carbocycles. The summed E-state index contributed by atoms with van der Waals surface area (Å²) >= 11 is 0. The summed E-state index contributed by atoms with van der Waals surface area (Å²) in [6, 6.07) is 4.50. The van der Waals surface area contributed by atoms with E-state index in [4.69, 9.17) is 11.5 Å². The largest absolute Gasteiger partial charge is 0.326 e. The van der Waals surface area contributed by atoms with Gasteiger partial charge in [0.25, 0.3) is 0 Å². The summed E-state index contributed by atoms with van der Waals surface area (Å²) in [5, 5.41) is 0. The average molecular weight is 234 g/mol. The predicted octanol–water partition coefficient (Wildman–Crippen LogP) is 3.13. The number of benzene rings is 1. The van der Waals surface area contributed by atoms with Crippen LogP contribution in [-0.4, -0.2) is 5.54 Å². The molecule has 0 aliphatic rings. The van der Waals surface area contributed by atoms with Gasteiger partial charge in [-0.3, -0.25) is 0 Å². The molecular formula is C15H26N2. The number of hydrogen-bond acceptors (Lipinski definition) is 2. The lowest BCUT2D eigenvalue weighted by atomic mass is 9.89. The minimum absolute atomic E-state index is 0.0958. The molecule has 0 radical (unpaired) electrons. The lowest BCUT2D eigenvalue weighted by Gasteiger charge is -2.23. The first-order chi connectivity index (χ1) is 7.70. The highest BCUT2D eigenvalue weighted by molar-refractivity contribution is 5.39. The van der Waals surface area contributed by atoms with E-state index in [1.54, 1.807) is 0 Å². The molecule has 2 nitrogen and oxygen atoms in total. The summed E-state index contributed by atoms with van der Waals surface area (Å²) in [7, 11) is 0. The van der Waals surface area contributed by atoms with E-state index in [1.807, 2.05) is 0 Å². The molecule has 0 aliphatic heterocycles. The summed E-state index contributed by atoms with van der Waals surface area (Å²) in [4.78, 5) is 0. The molecule has 0 aromatic heterocycles. The maximum atomic E-state index is 6.30. The predicted molar refractivity (Wildman–Crippen MR) is 75.1 cm³/mol. The summed E-state index contributed by atoms with van der Waals surface area (Å²) < 4.78 is 0. The van der Waals surface area contributed by atoms with Crippen LogP contribution in [0.5, 0.6) is 0 Å². The van der Waals surface area contributed by atoms with Gasteiger partial charge in [0.05, 0.1) is 0 Å². The van der Waals surface area contributed by atoms with Crippen molar-refractivity contribution in [2.75, 3.05) is 0 Å². The molecule has 1 aromatic carbocycles. The zero-order chi connectivity index (χ0) is 13.2. The second-order valence-corrected chi connectivity index (χ2v) is 5.95. The van der Waals surface area contributed by atoms with Gasteiger partial charge in [0.1, 0.15) is 0 Å². The van der Waals surface area contributed by atoms with Gasteiger partial charge in [-0.15, -0.1) is 0 Å². The zero-order valence-electron chi connectivity index (χ0n) is 11.8. The van der Waals surface area contributed by atoms with E-state index in [0.717, 1.165) is 12.8 Å². The molecule has 96 valence electrons. The smallest absolute Gasteiger partial charge is 0.0300 e. The third-order valence-electron chi connectivity index (χ3n) is 3.21. The number of aryl methyl sites for hydroxylation is 3. The Morgan fingerprint density at radius 3 is 2.00 bits per heavy atom. The Hall–Kier alpha value is -0.860. The Morgan fingerprint density at radius 2 is 1.59 bits per heavy atom. The normalized spacial score (nSPS) is 13.8. The van der Waals surface area contributed by atoms with Crippen LogP contribution in [0.15, 0.2) is 12.1 Å². The van der Waals surface area contributed by atoms with Crippen LogP contribution in [0.2, 0.25) is 0 Å². The molecule has 0 heterocycles. The molecule has 1 atom stereocenters. The first-order valence-corrected chi connectivity index (χ1v) is 6.33. The van der Waals surface area contributed by atoms with Gasteiger partial charge < -0.3 is 11.5 Å². The quantitative estimate of drug-likeness (QED) is 0.841. The lowest BCUT2D eigenvalue weighted by Crippen LogP contribution is -2.33. The second kappa shape index (κ2) is 5.19. The van der Waals surface area contributed by atoms with Crippen LogP contribution in [0.3, 0.4) is 0 Å². The molecule has 0 amide bonds. The van der Waals surface area contributed by atoms with Crippen molar-refractivity contribution < 1.29 is 0 Å². The van der Waals surface area contributed by atoms with Crippen molar-refractivity contribution in [1.29, 1.82) is 0 Å². The minimum Gasteiger partial charge on any atom is -0.326 e. The molecule has 0 bridgehead atoms. The van der Waals surface area contributed by atoms with Gasteiger partial charge in [-0.05, 0) is 64.2 Å². The lowest BCUT2D eigenvalue weighted by molar-refractivity contribution is 0.432. The molecule has 17 heavy (non-hydrogen) atoms. The molecule has 0 fully saturated rings. The topological polar surface area (TPSA) is 52.0 Å². The third kappa shape index (κ3) is 4.14. The highest BCUT2D eigenvalue weighted by Crippen LogP contribution is 2.26. The van der Waals surface area contributed by atoms with E-state index < -0.39 is 0 Å². The summed E-state index contributed by atoms with van der Waals surface area (Å²) in [5.74, 6) is 0. The minimum atomic E-state index is -0.135. The van der Waals surface area contributed by atoms with Crippen LogP contribution in [0, 0.1) is 20.8 Å². The molecule has 4 N–H and O–H groups in total. The summed E-state index contributed by atoms with van der Waals surface area (Å²) in [6.07, 6.45) is 1.88. The van der Waals surface area contributed by atoms with E-state index in [9.17, 15) is 0 Å². The average Bonchev–Trinajstić information content (AvgIpc) is 2.11. The molecule has 1 rings (SSSR count). The monoisotopic (exact) mass is 234 g/mol. The highest BCUT2D eigenvalue weighted by atomic mass is 14.7. The molecule has 0 spiro atoms. The van der Waals surface area contributed by atoms with Crippen molar-refractivity contribution in [3.8, 4) is 0 Å². The number of nitrogens with two attached hydrogens (primary N) is 2. The first-order valence-electron chi connectivity index (χ1n) is 6.33. The van der Waals surface area contributed by atoms with E-state index >= 15 is 0 Å². The Morgan fingerprint density at radius 1 is 1.12 bits per heavy atom. The summed E-state index contributed by atoms with van der Waals surface area (Å²) in [6.45, 7) is 10.5. The van der Waals surface area contributed by atoms with E-state index in [-0.39, 0.29) is 11.6 Å². The van der Waals surface area contributed by atoms with Crippen molar-refractivity contribution in [2.24, 2.45) is 11.5 Å². The van der Waals surface area contributed by atoms with Crippen LogP contribution in [-0.2, 0) is 0 Å². The maximum absolute atomic E-state index is 6.30. The van der Waals surface area contributed by atoms with Gasteiger partial charge in [0, 0.05) is 11.6 Å². The van der Waals surface area contributed by atoms with Gasteiger partial charge >= 0.3 is 0 Å². The van der Waals surface area contributed by atoms with Crippen LogP contribution in [0.4, 0.5) is 0 Å². The maximum Gasteiger partial charge on any atom is 0.0300 e. The number of rotatable bonds is 4. The van der Waals surface area contributed by atoms with E-state index in [1.165, 1.54) is 22.3 Å². The van der Waals surface area contributed by atoms with Gasteiger partial charge in [-0.1, -0.05) is 17.7 Å². The van der Waals surface area contributed by atoms with Gasteiger partial charge in [0.15, 0.2) is 0 Å². The van der Waals surface area contributed by atoms with Gasteiger partial charge in [0.2, 0.25) is 0 Å².